The minimum absolute atomic E-state index is 0.00704. The molecule has 3 N–H and O–H groups in total. The smallest absolute Gasteiger partial charge is 0.184 e. The standard InChI is InChI=1S/C12H16N4O2S2/c1-3-20(17,18)10-11(13)16-19-12(10)15-7-9-8(2)5-4-6-14-9/h4-6,15H,3,7H2,1-2H3,(H2,13,16). The van der Waals surface area contributed by atoms with Gasteiger partial charge in [-0.25, -0.2) is 8.42 Å². The van der Waals surface area contributed by atoms with Gasteiger partial charge in [0.05, 0.1) is 18.0 Å². The number of pyridine rings is 1. The first-order valence-electron chi connectivity index (χ1n) is 6.08. The van der Waals surface area contributed by atoms with Crippen molar-refractivity contribution in [2.24, 2.45) is 0 Å². The Morgan fingerprint density at radius 3 is 2.85 bits per heavy atom. The first-order chi connectivity index (χ1) is 9.45. The van der Waals surface area contributed by atoms with Crippen LogP contribution < -0.4 is 11.1 Å². The van der Waals surface area contributed by atoms with Gasteiger partial charge in [-0.15, -0.1) is 0 Å². The van der Waals surface area contributed by atoms with E-state index in [9.17, 15) is 8.42 Å². The third-order valence-corrected chi connectivity index (χ3v) is 5.64. The summed E-state index contributed by atoms with van der Waals surface area (Å²) in [6.07, 6.45) is 1.70. The van der Waals surface area contributed by atoms with Crippen LogP contribution in [0.3, 0.4) is 0 Å². The maximum absolute atomic E-state index is 12.0. The van der Waals surface area contributed by atoms with E-state index in [2.05, 4.69) is 14.7 Å². The average Bonchev–Trinajstić information content (AvgIpc) is 2.80. The van der Waals surface area contributed by atoms with Crippen molar-refractivity contribution in [2.45, 2.75) is 25.3 Å². The summed E-state index contributed by atoms with van der Waals surface area (Å²) in [5.74, 6) is 0.0458. The number of nitrogens with one attached hydrogen (secondary N) is 1. The molecule has 0 aliphatic heterocycles. The summed E-state index contributed by atoms with van der Waals surface area (Å²) < 4.78 is 27.9. The first-order valence-corrected chi connectivity index (χ1v) is 8.50. The number of anilines is 2. The lowest BCUT2D eigenvalue weighted by Crippen LogP contribution is -2.10. The fraction of sp³-hybridized carbons (Fsp3) is 0.333. The summed E-state index contributed by atoms with van der Waals surface area (Å²) in [4.78, 5) is 4.35. The highest BCUT2D eigenvalue weighted by atomic mass is 32.2. The highest BCUT2D eigenvalue weighted by Crippen LogP contribution is 2.32. The van der Waals surface area contributed by atoms with Crippen LogP contribution >= 0.6 is 11.5 Å². The third-order valence-electron chi connectivity index (χ3n) is 2.90. The molecule has 2 aromatic rings. The van der Waals surface area contributed by atoms with Crippen LogP contribution in [0.15, 0.2) is 23.2 Å². The molecule has 108 valence electrons. The Balaban J connectivity index is 2.26. The Kier molecular flexibility index (Phi) is 4.24. The maximum atomic E-state index is 12.0. The molecule has 20 heavy (non-hydrogen) atoms. The summed E-state index contributed by atoms with van der Waals surface area (Å²) in [6.45, 7) is 3.97. The second kappa shape index (κ2) is 5.76. The Morgan fingerprint density at radius 2 is 2.20 bits per heavy atom. The Hall–Kier alpha value is -1.67. The van der Waals surface area contributed by atoms with E-state index >= 15 is 0 Å². The van der Waals surface area contributed by atoms with Crippen LogP contribution in [0.1, 0.15) is 18.2 Å². The topological polar surface area (TPSA) is 98.0 Å². The van der Waals surface area contributed by atoms with Crippen LogP contribution in [0.4, 0.5) is 10.8 Å². The highest BCUT2D eigenvalue weighted by molar-refractivity contribution is 7.91. The number of hydrogen-bond donors (Lipinski definition) is 2. The zero-order chi connectivity index (χ0) is 14.8. The van der Waals surface area contributed by atoms with E-state index in [-0.39, 0.29) is 16.5 Å². The van der Waals surface area contributed by atoms with E-state index in [1.54, 1.807) is 13.1 Å². The van der Waals surface area contributed by atoms with Crippen LogP contribution in [-0.4, -0.2) is 23.5 Å². The number of aromatic nitrogens is 2. The molecule has 0 spiro atoms. The van der Waals surface area contributed by atoms with Gasteiger partial charge in [0.25, 0.3) is 0 Å². The lowest BCUT2D eigenvalue weighted by atomic mass is 10.2. The van der Waals surface area contributed by atoms with E-state index in [1.165, 1.54) is 0 Å². The molecule has 2 rings (SSSR count). The molecule has 0 aliphatic carbocycles. The van der Waals surface area contributed by atoms with E-state index in [0.29, 0.717) is 11.5 Å². The zero-order valence-corrected chi connectivity index (χ0v) is 12.9. The van der Waals surface area contributed by atoms with E-state index in [1.807, 2.05) is 19.1 Å². The van der Waals surface area contributed by atoms with Crippen molar-refractivity contribution in [2.75, 3.05) is 16.8 Å². The molecule has 0 amide bonds. The normalized spacial score (nSPS) is 11.5. The lowest BCUT2D eigenvalue weighted by Gasteiger charge is -2.08. The molecule has 2 heterocycles. The summed E-state index contributed by atoms with van der Waals surface area (Å²) in [5.41, 5.74) is 7.57. The minimum atomic E-state index is -3.39. The predicted octanol–water partition coefficient (Wildman–Crippen LogP) is 1.83. The van der Waals surface area contributed by atoms with Crippen molar-refractivity contribution in [1.82, 2.24) is 9.36 Å². The number of rotatable bonds is 5. The van der Waals surface area contributed by atoms with Gasteiger partial charge in [-0.3, -0.25) is 4.98 Å². The van der Waals surface area contributed by atoms with Gasteiger partial charge in [0.2, 0.25) is 0 Å². The Labute approximate surface area is 122 Å². The Bertz CT molecular complexity index is 710. The molecule has 0 atom stereocenters. The van der Waals surface area contributed by atoms with Gasteiger partial charge in [-0.2, -0.15) is 4.37 Å². The van der Waals surface area contributed by atoms with Crippen molar-refractivity contribution >= 4 is 32.2 Å². The summed E-state index contributed by atoms with van der Waals surface area (Å²) in [5, 5.41) is 3.53. The Morgan fingerprint density at radius 1 is 1.45 bits per heavy atom. The summed E-state index contributed by atoms with van der Waals surface area (Å²) >= 11 is 1.05. The molecule has 0 unspecified atom stereocenters. The van der Waals surface area contributed by atoms with Gasteiger partial charge >= 0.3 is 0 Å². The molecular formula is C12H16N4O2S2. The van der Waals surface area contributed by atoms with Gasteiger partial charge < -0.3 is 11.1 Å². The quantitative estimate of drug-likeness (QED) is 0.874. The zero-order valence-electron chi connectivity index (χ0n) is 11.3. The van der Waals surface area contributed by atoms with Gasteiger partial charge in [-0.05, 0) is 30.1 Å². The molecule has 0 saturated carbocycles. The largest absolute Gasteiger partial charge is 0.382 e. The molecule has 0 aliphatic rings. The minimum Gasteiger partial charge on any atom is -0.382 e. The number of hydrogen-bond acceptors (Lipinski definition) is 7. The monoisotopic (exact) mass is 312 g/mol. The SMILES string of the molecule is CCS(=O)(=O)c1c(N)nsc1NCc1ncccc1C. The molecule has 0 bridgehead atoms. The van der Waals surface area contributed by atoms with Crippen molar-refractivity contribution < 1.29 is 8.42 Å². The first kappa shape index (κ1) is 14.7. The predicted molar refractivity (Wildman–Crippen MR) is 80.6 cm³/mol. The fourth-order valence-electron chi connectivity index (χ4n) is 1.72. The fourth-order valence-corrected chi connectivity index (χ4v) is 3.88. The van der Waals surface area contributed by atoms with Crippen LogP contribution in [0.5, 0.6) is 0 Å². The van der Waals surface area contributed by atoms with Gasteiger partial charge in [0, 0.05) is 6.20 Å². The van der Waals surface area contributed by atoms with Crippen molar-refractivity contribution in [3.8, 4) is 0 Å². The molecule has 0 radical (unpaired) electrons. The molecular weight excluding hydrogens is 296 g/mol. The van der Waals surface area contributed by atoms with Crippen molar-refractivity contribution in [3.05, 3.63) is 29.6 Å². The molecule has 2 aromatic heterocycles. The van der Waals surface area contributed by atoms with Gasteiger partial charge in [0.1, 0.15) is 9.90 Å². The van der Waals surface area contributed by atoms with E-state index < -0.39 is 9.84 Å². The van der Waals surface area contributed by atoms with Crippen LogP contribution in [0.25, 0.3) is 0 Å². The average molecular weight is 312 g/mol. The number of sulfone groups is 1. The highest BCUT2D eigenvalue weighted by Gasteiger charge is 2.23. The van der Waals surface area contributed by atoms with Crippen LogP contribution in [0, 0.1) is 6.92 Å². The summed E-state index contributed by atoms with van der Waals surface area (Å²) in [7, 11) is -3.39. The van der Waals surface area contributed by atoms with Crippen molar-refractivity contribution in [3.63, 3.8) is 0 Å². The summed E-state index contributed by atoms with van der Waals surface area (Å²) in [6, 6.07) is 3.81. The van der Waals surface area contributed by atoms with Crippen LogP contribution in [-0.2, 0) is 16.4 Å². The number of aryl methyl sites for hydroxylation is 1. The van der Waals surface area contributed by atoms with Gasteiger partial charge in [-0.1, -0.05) is 13.0 Å². The maximum Gasteiger partial charge on any atom is 0.184 e. The molecule has 6 nitrogen and oxygen atoms in total. The second-order valence-electron chi connectivity index (χ2n) is 4.25. The van der Waals surface area contributed by atoms with Gasteiger partial charge in [0.15, 0.2) is 15.7 Å². The van der Waals surface area contributed by atoms with E-state index in [4.69, 9.17) is 5.73 Å². The molecule has 0 saturated heterocycles. The third kappa shape index (κ3) is 2.91. The number of nitrogens with zero attached hydrogens (tertiary/aromatic N) is 2. The lowest BCUT2D eigenvalue weighted by molar-refractivity contribution is 0.598. The van der Waals surface area contributed by atoms with E-state index in [0.717, 1.165) is 22.8 Å². The number of nitrogen functional groups attached to an aromatic ring is 1. The van der Waals surface area contributed by atoms with Crippen molar-refractivity contribution in [1.29, 1.82) is 0 Å². The van der Waals surface area contributed by atoms with Crippen LogP contribution in [0.2, 0.25) is 0 Å². The molecule has 0 fully saturated rings. The second-order valence-corrected chi connectivity index (χ2v) is 7.24. The number of nitrogens with two attached hydrogens (primary N) is 1. The molecule has 0 aromatic carbocycles. The molecule has 8 heteroatoms.